The minimum atomic E-state index is -0.732. The van der Waals surface area contributed by atoms with Crippen molar-refractivity contribution in [2.24, 2.45) is 24.8 Å². The number of ether oxygens (including phenoxy) is 2. The molecule has 0 bridgehead atoms. The average Bonchev–Trinajstić information content (AvgIpc) is 3.26. The fourth-order valence-corrected chi connectivity index (χ4v) is 4.97. The molecule has 2 N–H and O–H groups in total. The van der Waals surface area contributed by atoms with Gasteiger partial charge in [0.25, 0.3) is 0 Å². The zero-order valence-corrected chi connectivity index (χ0v) is 19.5. The lowest BCUT2D eigenvalue weighted by atomic mass is 10.1. The molecule has 1 aromatic carbocycles. The fraction of sp³-hybridized carbons (Fsp3) is 0.400. The summed E-state index contributed by atoms with van der Waals surface area (Å²) in [4.78, 5) is 28.2. The van der Waals surface area contributed by atoms with Crippen molar-refractivity contribution < 1.29 is 24.2 Å². The summed E-state index contributed by atoms with van der Waals surface area (Å²) in [7, 11) is 1.73. The van der Waals surface area contributed by atoms with Gasteiger partial charge in [0.1, 0.15) is 29.8 Å². The van der Waals surface area contributed by atoms with Crippen LogP contribution in [0.15, 0.2) is 42.5 Å². The standard InChI is InChI=1S/C25H27N5O5/c1-14-19(35-20-10-8-16-21(20)22(16)24(31)32)11-9-17(27-14)23-18(30(2)29-28-23)13-34-25(33)26-12-15-6-4-3-5-7-15/h3-7,9,11,16,20-22H,8,10,12-13H2,1-2H3,(H,26,33)(H,31,32)/t16-,20-,21-,22?/m1/s1. The Kier molecular flexibility index (Phi) is 6.10. The van der Waals surface area contributed by atoms with Gasteiger partial charge in [-0.2, -0.15) is 0 Å². The van der Waals surface area contributed by atoms with Crippen molar-refractivity contribution in [2.45, 2.75) is 39.0 Å². The molecule has 2 heterocycles. The van der Waals surface area contributed by atoms with Crippen molar-refractivity contribution >= 4 is 12.1 Å². The molecule has 4 atom stereocenters. The van der Waals surface area contributed by atoms with Gasteiger partial charge in [0.2, 0.25) is 0 Å². The van der Waals surface area contributed by atoms with Gasteiger partial charge in [-0.3, -0.25) is 4.79 Å². The van der Waals surface area contributed by atoms with E-state index < -0.39 is 12.1 Å². The van der Waals surface area contributed by atoms with Crippen LogP contribution in [-0.2, 0) is 29.7 Å². The maximum atomic E-state index is 12.2. The number of aryl methyl sites for hydroxylation is 2. The van der Waals surface area contributed by atoms with Gasteiger partial charge in [-0.25, -0.2) is 14.5 Å². The van der Waals surface area contributed by atoms with Gasteiger partial charge in [0.05, 0.1) is 17.3 Å². The zero-order chi connectivity index (χ0) is 24.5. The van der Waals surface area contributed by atoms with E-state index in [0.717, 1.165) is 18.4 Å². The molecule has 10 nitrogen and oxygen atoms in total. The second kappa shape index (κ2) is 9.36. The molecule has 2 aromatic heterocycles. The summed E-state index contributed by atoms with van der Waals surface area (Å²) in [5, 5.41) is 20.3. The molecule has 1 unspecified atom stereocenters. The monoisotopic (exact) mass is 477 g/mol. The van der Waals surface area contributed by atoms with Crippen LogP contribution in [0.3, 0.4) is 0 Å². The van der Waals surface area contributed by atoms with Crippen LogP contribution in [-0.4, -0.2) is 43.3 Å². The first kappa shape index (κ1) is 22.8. The van der Waals surface area contributed by atoms with Gasteiger partial charge in [0.15, 0.2) is 0 Å². The third-order valence-electron chi connectivity index (χ3n) is 6.85. The number of benzene rings is 1. The van der Waals surface area contributed by atoms with Crippen LogP contribution >= 0.6 is 0 Å². The molecule has 35 heavy (non-hydrogen) atoms. The molecular formula is C25H27N5O5. The number of alkyl carbamates (subject to hydrolysis) is 1. The van der Waals surface area contributed by atoms with Crippen LogP contribution in [0.5, 0.6) is 5.75 Å². The van der Waals surface area contributed by atoms with E-state index in [2.05, 4.69) is 20.6 Å². The zero-order valence-electron chi connectivity index (χ0n) is 19.5. The number of rotatable bonds is 8. The first-order valence-corrected chi connectivity index (χ1v) is 11.6. The maximum absolute atomic E-state index is 12.2. The Morgan fingerprint density at radius 3 is 2.69 bits per heavy atom. The van der Waals surface area contributed by atoms with Gasteiger partial charge >= 0.3 is 12.1 Å². The van der Waals surface area contributed by atoms with Crippen LogP contribution < -0.4 is 10.1 Å². The smallest absolute Gasteiger partial charge is 0.407 e. The molecule has 0 saturated heterocycles. The second-order valence-corrected chi connectivity index (χ2v) is 9.04. The number of nitrogens with zero attached hydrogens (tertiary/aromatic N) is 4. The topological polar surface area (TPSA) is 128 Å². The van der Waals surface area contributed by atoms with Crippen LogP contribution in [0.25, 0.3) is 11.4 Å². The van der Waals surface area contributed by atoms with Crippen molar-refractivity contribution in [3.63, 3.8) is 0 Å². The number of fused-ring (bicyclic) bond motifs is 1. The number of carboxylic acid groups (broad SMARTS) is 1. The highest BCUT2D eigenvalue weighted by molar-refractivity contribution is 5.75. The highest BCUT2D eigenvalue weighted by Crippen LogP contribution is 2.58. The van der Waals surface area contributed by atoms with E-state index in [0.29, 0.717) is 35.1 Å². The number of aliphatic carboxylic acids is 1. The molecule has 0 aliphatic heterocycles. The summed E-state index contributed by atoms with van der Waals surface area (Å²) in [6.45, 7) is 2.20. The summed E-state index contributed by atoms with van der Waals surface area (Å²) >= 11 is 0. The van der Waals surface area contributed by atoms with E-state index in [-0.39, 0.29) is 30.5 Å². The van der Waals surface area contributed by atoms with E-state index in [4.69, 9.17) is 9.47 Å². The Morgan fingerprint density at radius 1 is 1.17 bits per heavy atom. The first-order chi connectivity index (χ1) is 16.9. The number of carbonyl (C=O) groups excluding carboxylic acids is 1. The second-order valence-electron chi connectivity index (χ2n) is 9.04. The number of carbonyl (C=O) groups is 2. The molecule has 3 aromatic rings. The lowest BCUT2D eigenvalue weighted by molar-refractivity contribution is -0.139. The molecule has 182 valence electrons. The van der Waals surface area contributed by atoms with Gasteiger partial charge in [0, 0.05) is 19.5 Å². The van der Waals surface area contributed by atoms with Gasteiger partial charge in [-0.15, -0.1) is 5.10 Å². The molecular weight excluding hydrogens is 450 g/mol. The van der Waals surface area contributed by atoms with Crippen molar-refractivity contribution in [1.82, 2.24) is 25.3 Å². The molecule has 2 aliphatic carbocycles. The molecule has 0 spiro atoms. The lowest BCUT2D eigenvalue weighted by Gasteiger charge is -2.18. The van der Waals surface area contributed by atoms with E-state index >= 15 is 0 Å². The first-order valence-electron chi connectivity index (χ1n) is 11.6. The predicted molar refractivity (Wildman–Crippen MR) is 124 cm³/mol. The number of hydrogen-bond acceptors (Lipinski definition) is 7. The highest BCUT2D eigenvalue weighted by atomic mass is 16.5. The van der Waals surface area contributed by atoms with Crippen molar-refractivity contribution in [1.29, 1.82) is 0 Å². The average molecular weight is 478 g/mol. The molecule has 0 radical (unpaired) electrons. The minimum Gasteiger partial charge on any atom is -0.488 e. The van der Waals surface area contributed by atoms with Gasteiger partial charge in [-0.1, -0.05) is 35.5 Å². The summed E-state index contributed by atoms with van der Waals surface area (Å²) < 4.78 is 13.1. The summed E-state index contributed by atoms with van der Waals surface area (Å²) in [6.07, 6.45) is 1.11. The van der Waals surface area contributed by atoms with Crippen LogP contribution in [0, 0.1) is 24.7 Å². The van der Waals surface area contributed by atoms with Gasteiger partial charge < -0.3 is 19.9 Å². The van der Waals surface area contributed by atoms with Crippen LogP contribution in [0.1, 0.15) is 29.8 Å². The number of carboxylic acids is 1. The molecule has 5 rings (SSSR count). The van der Waals surface area contributed by atoms with Crippen molar-refractivity contribution in [2.75, 3.05) is 0 Å². The fourth-order valence-electron chi connectivity index (χ4n) is 4.97. The largest absolute Gasteiger partial charge is 0.488 e. The highest BCUT2D eigenvalue weighted by Gasteiger charge is 2.63. The quantitative estimate of drug-likeness (QED) is 0.506. The SMILES string of the molecule is Cc1nc(-c2nnn(C)c2COC(=O)NCc2ccccc2)ccc1O[C@@H]1CC[C@H]2C(C(=O)O)[C@@H]12. The molecule has 10 heteroatoms. The third kappa shape index (κ3) is 4.68. The number of pyridine rings is 1. The Hall–Kier alpha value is -3.95. The number of amides is 1. The van der Waals surface area contributed by atoms with Crippen molar-refractivity contribution in [3.05, 3.63) is 59.4 Å². The van der Waals surface area contributed by atoms with E-state index in [1.54, 1.807) is 17.8 Å². The molecule has 2 saturated carbocycles. The summed E-state index contributed by atoms with van der Waals surface area (Å²) in [6, 6.07) is 13.2. The number of nitrogens with one attached hydrogen (secondary N) is 1. The molecule has 1 amide bonds. The molecule has 2 fully saturated rings. The third-order valence-corrected chi connectivity index (χ3v) is 6.85. The van der Waals surface area contributed by atoms with E-state index in [9.17, 15) is 14.7 Å². The Labute approximate surface area is 202 Å². The Morgan fingerprint density at radius 2 is 1.97 bits per heavy atom. The minimum absolute atomic E-state index is 0.0137. The van der Waals surface area contributed by atoms with Crippen LogP contribution in [0.4, 0.5) is 4.79 Å². The van der Waals surface area contributed by atoms with Crippen molar-refractivity contribution in [3.8, 4) is 17.1 Å². The summed E-state index contributed by atoms with van der Waals surface area (Å²) in [5.41, 5.74) is 3.37. The number of aromatic nitrogens is 4. The van der Waals surface area contributed by atoms with E-state index in [1.165, 1.54) is 0 Å². The number of hydrogen-bond donors (Lipinski definition) is 2. The normalized spacial score (nSPS) is 22.3. The van der Waals surface area contributed by atoms with E-state index in [1.807, 2.05) is 43.3 Å². The predicted octanol–water partition coefficient (Wildman–Crippen LogP) is 3.10. The van der Waals surface area contributed by atoms with Gasteiger partial charge in [-0.05, 0) is 43.4 Å². The van der Waals surface area contributed by atoms with Crippen LogP contribution in [0.2, 0.25) is 0 Å². The molecule has 2 aliphatic rings. The Balaban J connectivity index is 1.22. The Bertz CT molecular complexity index is 1240. The lowest BCUT2D eigenvalue weighted by Crippen LogP contribution is -2.24. The maximum Gasteiger partial charge on any atom is 0.407 e. The summed E-state index contributed by atoms with van der Waals surface area (Å²) in [5.74, 6) is -0.0594.